The third-order valence-electron chi connectivity index (χ3n) is 2.22. The minimum atomic E-state index is -0.00221. The molecule has 0 fully saturated rings. The molecule has 0 aliphatic heterocycles. The lowest BCUT2D eigenvalue weighted by Crippen LogP contribution is -2.12. The number of rotatable bonds is 5. The van der Waals surface area contributed by atoms with E-state index in [0.29, 0.717) is 0 Å². The molecule has 0 spiro atoms. The third kappa shape index (κ3) is 4.27. The highest BCUT2D eigenvalue weighted by molar-refractivity contribution is 5.44. The summed E-state index contributed by atoms with van der Waals surface area (Å²) in [5, 5.41) is 0. The van der Waals surface area contributed by atoms with Crippen LogP contribution in [0.25, 0.3) is 0 Å². The first-order valence-electron chi connectivity index (χ1n) is 6.13. The fourth-order valence-corrected chi connectivity index (χ4v) is 1.51. The molecule has 0 aromatic heterocycles. The summed E-state index contributed by atoms with van der Waals surface area (Å²) < 4.78 is 11.5. The van der Waals surface area contributed by atoms with E-state index in [-0.39, 0.29) is 18.2 Å². The molecule has 0 radical (unpaired) electrons. The van der Waals surface area contributed by atoms with Crippen molar-refractivity contribution in [2.45, 2.75) is 52.9 Å². The maximum atomic E-state index is 5.87. The summed E-state index contributed by atoms with van der Waals surface area (Å²) in [6.07, 6.45) is 0.249. The predicted molar refractivity (Wildman–Crippen MR) is 70.6 cm³/mol. The van der Waals surface area contributed by atoms with Crippen molar-refractivity contribution in [3.05, 3.63) is 23.8 Å². The highest BCUT2D eigenvalue weighted by atomic mass is 16.5. The van der Waals surface area contributed by atoms with Gasteiger partial charge in [-0.15, -0.1) is 0 Å². The van der Waals surface area contributed by atoms with E-state index in [4.69, 9.17) is 15.2 Å². The zero-order chi connectivity index (χ0) is 13.0. The molecule has 2 N–H and O–H groups in total. The van der Waals surface area contributed by atoms with Gasteiger partial charge in [0.25, 0.3) is 0 Å². The van der Waals surface area contributed by atoms with E-state index in [1.54, 1.807) is 0 Å². The van der Waals surface area contributed by atoms with E-state index < -0.39 is 0 Å². The maximum Gasteiger partial charge on any atom is 0.161 e. The van der Waals surface area contributed by atoms with Gasteiger partial charge in [-0.1, -0.05) is 6.07 Å². The van der Waals surface area contributed by atoms with Crippen molar-refractivity contribution in [2.75, 3.05) is 0 Å². The van der Waals surface area contributed by atoms with Crippen LogP contribution in [-0.4, -0.2) is 12.2 Å². The Morgan fingerprint density at radius 3 is 1.88 bits per heavy atom. The molecule has 0 aliphatic rings. The van der Waals surface area contributed by atoms with E-state index in [1.807, 2.05) is 52.8 Å². The van der Waals surface area contributed by atoms with E-state index in [1.165, 1.54) is 0 Å². The lowest BCUT2D eigenvalue weighted by atomic mass is 10.1. The average Bonchev–Trinajstić information content (AvgIpc) is 2.18. The van der Waals surface area contributed by atoms with Crippen LogP contribution >= 0.6 is 0 Å². The Balaban J connectivity index is 3.03. The largest absolute Gasteiger partial charge is 0.487 e. The zero-order valence-corrected chi connectivity index (χ0v) is 11.4. The van der Waals surface area contributed by atoms with E-state index in [0.717, 1.165) is 17.1 Å². The molecule has 96 valence electrons. The Bertz CT molecular complexity index is 359. The van der Waals surface area contributed by atoms with Crippen LogP contribution in [0.1, 0.15) is 46.2 Å². The molecule has 1 aromatic rings. The van der Waals surface area contributed by atoms with Crippen molar-refractivity contribution >= 4 is 0 Å². The van der Waals surface area contributed by atoms with E-state index in [9.17, 15) is 0 Å². The normalized spacial score (nSPS) is 12.9. The Labute approximate surface area is 104 Å². The van der Waals surface area contributed by atoms with Gasteiger partial charge >= 0.3 is 0 Å². The van der Waals surface area contributed by atoms with Gasteiger partial charge in [-0.3, -0.25) is 0 Å². The fraction of sp³-hybridized carbons (Fsp3) is 0.571. The number of hydrogen-bond donors (Lipinski definition) is 1. The first kappa shape index (κ1) is 13.8. The Morgan fingerprint density at radius 2 is 1.41 bits per heavy atom. The molecule has 0 bridgehead atoms. The van der Waals surface area contributed by atoms with E-state index in [2.05, 4.69) is 0 Å². The molecule has 17 heavy (non-hydrogen) atoms. The summed E-state index contributed by atoms with van der Waals surface area (Å²) in [5.41, 5.74) is 6.92. The van der Waals surface area contributed by atoms with Crippen LogP contribution in [0.3, 0.4) is 0 Å². The van der Waals surface area contributed by atoms with Gasteiger partial charge in [-0.25, -0.2) is 0 Å². The molecule has 1 unspecified atom stereocenters. The Kier molecular flexibility index (Phi) is 4.82. The van der Waals surface area contributed by atoms with Crippen molar-refractivity contribution in [3.63, 3.8) is 0 Å². The van der Waals surface area contributed by atoms with Gasteiger partial charge in [0, 0.05) is 6.04 Å². The molecule has 3 heteroatoms. The second-order valence-corrected chi connectivity index (χ2v) is 4.83. The molecule has 0 saturated carbocycles. The van der Waals surface area contributed by atoms with Gasteiger partial charge in [-0.05, 0) is 52.3 Å². The summed E-state index contributed by atoms with van der Waals surface area (Å²) in [6.45, 7) is 9.95. The smallest absolute Gasteiger partial charge is 0.161 e. The van der Waals surface area contributed by atoms with Crippen molar-refractivity contribution in [1.82, 2.24) is 0 Å². The van der Waals surface area contributed by atoms with Gasteiger partial charge in [0.2, 0.25) is 0 Å². The van der Waals surface area contributed by atoms with Gasteiger partial charge < -0.3 is 15.2 Å². The van der Waals surface area contributed by atoms with Crippen LogP contribution in [0.15, 0.2) is 18.2 Å². The summed E-state index contributed by atoms with van der Waals surface area (Å²) in [7, 11) is 0. The molecular formula is C14H23NO2. The minimum absolute atomic E-state index is 0.00221. The molecule has 3 nitrogen and oxygen atoms in total. The average molecular weight is 237 g/mol. The molecule has 0 amide bonds. The van der Waals surface area contributed by atoms with Crippen molar-refractivity contribution in [1.29, 1.82) is 0 Å². The van der Waals surface area contributed by atoms with E-state index >= 15 is 0 Å². The van der Waals surface area contributed by atoms with Crippen molar-refractivity contribution in [2.24, 2.45) is 5.73 Å². The molecule has 0 heterocycles. The molecule has 0 saturated heterocycles. The third-order valence-corrected chi connectivity index (χ3v) is 2.22. The van der Waals surface area contributed by atoms with Crippen LogP contribution in [-0.2, 0) is 0 Å². The molecular weight excluding hydrogens is 214 g/mol. The van der Waals surface area contributed by atoms with Crippen LogP contribution < -0.4 is 15.2 Å². The van der Waals surface area contributed by atoms with Crippen LogP contribution in [0.2, 0.25) is 0 Å². The number of benzene rings is 1. The van der Waals surface area contributed by atoms with Gasteiger partial charge in [0.05, 0.1) is 12.2 Å². The zero-order valence-electron chi connectivity index (χ0n) is 11.4. The minimum Gasteiger partial charge on any atom is -0.487 e. The second-order valence-electron chi connectivity index (χ2n) is 4.83. The monoisotopic (exact) mass is 237 g/mol. The standard InChI is InChI=1S/C14H23NO2/c1-9(2)16-13-7-6-12(11(5)15)8-14(13)17-10(3)4/h6-11H,15H2,1-5H3. The van der Waals surface area contributed by atoms with Gasteiger partial charge in [0.15, 0.2) is 11.5 Å². The molecule has 1 aromatic carbocycles. The Hall–Kier alpha value is -1.22. The lowest BCUT2D eigenvalue weighted by Gasteiger charge is -2.18. The highest BCUT2D eigenvalue weighted by Gasteiger charge is 2.11. The van der Waals surface area contributed by atoms with Crippen LogP contribution in [0, 0.1) is 0 Å². The summed E-state index contributed by atoms with van der Waals surface area (Å²) in [5.74, 6) is 1.54. The number of nitrogens with two attached hydrogens (primary N) is 1. The van der Waals surface area contributed by atoms with Gasteiger partial charge in [0.1, 0.15) is 0 Å². The Morgan fingerprint density at radius 1 is 0.882 bits per heavy atom. The predicted octanol–water partition coefficient (Wildman–Crippen LogP) is 3.28. The summed E-state index contributed by atoms with van der Waals surface area (Å²) in [6, 6.07) is 5.87. The number of ether oxygens (including phenoxy) is 2. The second kappa shape index (κ2) is 5.92. The number of hydrogen-bond acceptors (Lipinski definition) is 3. The molecule has 0 aliphatic carbocycles. The van der Waals surface area contributed by atoms with Gasteiger partial charge in [-0.2, -0.15) is 0 Å². The molecule has 1 rings (SSSR count). The summed E-state index contributed by atoms with van der Waals surface area (Å²) in [4.78, 5) is 0. The lowest BCUT2D eigenvalue weighted by molar-refractivity contribution is 0.198. The summed E-state index contributed by atoms with van der Waals surface area (Å²) >= 11 is 0. The SMILES string of the molecule is CC(C)Oc1ccc(C(C)N)cc1OC(C)C. The first-order chi connectivity index (χ1) is 7.90. The van der Waals surface area contributed by atoms with Crippen molar-refractivity contribution < 1.29 is 9.47 Å². The first-order valence-corrected chi connectivity index (χ1v) is 6.13. The van der Waals surface area contributed by atoms with Crippen molar-refractivity contribution in [3.8, 4) is 11.5 Å². The highest BCUT2D eigenvalue weighted by Crippen LogP contribution is 2.31. The van der Waals surface area contributed by atoms with Crippen LogP contribution in [0.4, 0.5) is 0 Å². The maximum absolute atomic E-state index is 5.87. The van der Waals surface area contributed by atoms with Crippen LogP contribution in [0.5, 0.6) is 11.5 Å². The topological polar surface area (TPSA) is 44.5 Å². The quantitative estimate of drug-likeness (QED) is 0.854. The molecule has 1 atom stereocenters. The fourth-order valence-electron chi connectivity index (χ4n) is 1.51.